The molecule has 19 heavy (non-hydrogen) atoms. The summed E-state index contributed by atoms with van der Waals surface area (Å²) in [6, 6.07) is 4.68. The number of carbonyl (C=O) groups excluding carboxylic acids is 1. The lowest BCUT2D eigenvalue weighted by molar-refractivity contribution is 0.0952. The van der Waals surface area contributed by atoms with E-state index in [1.165, 1.54) is 6.07 Å². The van der Waals surface area contributed by atoms with Crippen LogP contribution in [0.2, 0.25) is 0 Å². The van der Waals surface area contributed by atoms with Gasteiger partial charge in [0.2, 0.25) is 0 Å². The van der Waals surface area contributed by atoms with Crippen molar-refractivity contribution in [1.82, 2.24) is 5.32 Å². The van der Waals surface area contributed by atoms with E-state index in [4.69, 9.17) is 5.73 Å². The Morgan fingerprint density at radius 2 is 2.05 bits per heavy atom. The van der Waals surface area contributed by atoms with E-state index in [0.29, 0.717) is 24.1 Å². The molecule has 0 saturated carbocycles. The molecule has 0 spiro atoms. The maximum atomic E-state index is 11.9. The first-order valence-electron chi connectivity index (χ1n) is 6.06. The van der Waals surface area contributed by atoms with Gasteiger partial charge in [0.05, 0.1) is 4.90 Å². The molecule has 0 saturated heterocycles. The van der Waals surface area contributed by atoms with Gasteiger partial charge in [-0.2, -0.15) is 0 Å². The summed E-state index contributed by atoms with van der Waals surface area (Å²) >= 11 is 0. The molecule has 5 nitrogen and oxygen atoms in total. The zero-order valence-electron chi connectivity index (χ0n) is 11.4. The second-order valence-corrected chi connectivity index (χ2v) is 6.76. The summed E-state index contributed by atoms with van der Waals surface area (Å²) in [4.78, 5) is 12.1. The van der Waals surface area contributed by atoms with Crippen LogP contribution in [0.4, 0.5) is 0 Å². The molecule has 1 atom stereocenters. The number of hydrogen-bond donors (Lipinski definition) is 2. The third kappa shape index (κ3) is 4.65. The molecule has 0 radical (unpaired) electrons. The molecule has 0 heterocycles. The lowest BCUT2D eigenvalue weighted by atomic mass is 10.1. The fourth-order valence-corrected chi connectivity index (χ4v) is 2.65. The van der Waals surface area contributed by atoms with Gasteiger partial charge in [-0.1, -0.05) is 6.07 Å². The van der Waals surface area contributed by atoms with Gasteiger partial charge >= 0.3 is 0 Å². The second-order valence-electron chi connectivity index (χ2n) is 4.77. The molecule has 1 amide bonds. The third-order valence-corrected chi connectivity index (χ3v) is 3.97. The number of rotatable bonds is 5. The molecule has 1 rings (SSSR count). The first-order chi connectivity index (χ1) is 8.71. The molecule has 1 aromatic rings. The van der Waals surface area contributed by atoms with Crippen molar-refractivity contribution in [3.05, 3.63) is 29.3 Å². The molecular formula is C13H20N2O3S. The van der Waals surface area contributed by atoms with Crippen molar-refractivity contribution < 1.29 is 13.2 Å². The normalized spacial score (nSPS) is 13.1. The van der Waals surface area contributed by atoms with Gasteiger partial charge in [0.1, 0.15) is 0 Å². The minimum Gasteiger partial charge on any atom is -0.352 e. The molecule has 1 aromatic carbocycles. The summed E-state index contributed by atoms with van der Waals surface area (Å²) in [5.74, 6) is -0.287. The Morgan fingerprint density at radius 1 is 1.42 bits per heavy atom. The lowest BCUT2D eigenvalue weighted by Crippen LogP contribution is -2.29. The Morgan fingerprint density at radius 3 is 2.58 bits per heavy atom. The van der Waals surface area contributed by atoms with Crippen molar-refractivity contribution in [2.75, 3.05) is 12.8 Å². The van der Waals surface area contributed by atoms with Crippen LogP contribution < -0.4 is 11.1 Å². The van der Waals surface area contributed by atoms with Crippen LogP contribution >= 0.6 is 0 Å². The first kappa shape index (κ1) is 15.7. The maximum absolute atomic E-state index is 11.9. The highest BCUT2D eigenvalue weighted by atomic mass is 32.2. The van der Waals surface area contributed by atoms with E-state index in [2.05, 4.69) is 5.32 Å². The highest BCUT2D eigenvalue weighted by Gasteiger charge is 2.14. The van der Waals surface area contributed by atoms with E-state index >= 15 is 0 Å². The van der Waals surface area contributed by atoms with Gasteiger partial charge in [0.15, 0.2) is 9.84 Å². The summed E-state index contributed by atoms with van der Waals surface area (Å²) in [5.41, 5.74) is 6.56. The lowest BCUT2D eigenvalue weighted by Gasteiger charge is -2.09. The molecular weight excluding hydrogens is 264 g/mol. The van der Waals surface area contributed by atoms with Crippen LogP contribution in [0.15, 0.2) is 23.1 Å². The fourth-order valence-electron chi connectivity index (χ4n) is 1.66. The SMILES string of the molecule is Cc1ccc(C(=O)NCCC(C)N)cc1S(C)(=O)=O. The van der Waals surface area contributed by atoms with Crippen molar-refractivity contribution in [2.45, 2.75) is 31.2 Å². The molecule has 0 fully saturated rings. The number of sulfone groups is 1. The number of nitrogens with two attached hydrogens (primary N) is 1. The Kier molecular flexibility index (Phi) is 5.08. The fraction of sp³-hybridized carbons (Fsp3) is 0.462. The van der Waals surface area contributed by atoms with Gasteiger partial charge < -0.3 is 11.1 Å². The topological polar surface area (TPSA) is 89.3 Å². The maximum Gasteiger partial charge on any atom is 0.251 e. The average molecular weight is 284 g/mol. The van der Waals surface area contributed by atoms with E-state index in [1.54, 1.807) is 19.1 Å². The van der Waals surface area contributed by atoms with Crippen LogP contribution in [-0.2, 0) is 9.84 Å². The number of amides is 1. The molecule has 3 N–H and O–H groups in total. The first-order valence-corrected chi connectivity index (χ1v) is 7.95. The van der Waals surface area contributed by atoms with E-state index in [-0.39, 0.29) is 16.8 Å². The monoisotopic (exact) mass is 284 g/mol. The quantitative estimate of drug-likeness (QED) is 0.839. The van der Waals surface area contributed by atoms with Gasteiger partial charge in [-0.3, -0.25) is 4.79 Å². The smallest absolute Gasteiger partial charge is 0.251 e. The van der Waals surface area contributed by atoms with E-state index in [1.807, 2.05) is 6.92 Å². The van der Waals surface area contributed by atoms with Gasteiger partial charge in [-0.15, -0.1) is 0 Å². The van der Waals surface area contributed by atoms with Gasteiger partial charge in [-0.25, -0.2) is 8.42 Å². The predicted molar refractivity (Wildman–Crippen MR) is 74.9 cm³/mol. The molecule has 0 aliphatic carbocycles. The average Bonchev–Trinajstić information content (AvgIpc) is 2.27. The standard InChI is InChI=1S/C13H20N2O3S/c1-9-4-5-11(8-12(9)19(3,17)18)13(16)15-7-6-10(2)14/h4-5,8,10H,6-7,14H2,1-3H3,(H,15,16). The van der Waals surface area contributed by atoms with Crippen molar-refractivity contribution in [3.8, 4) is 0 Å². The molecule has 106 valence electrons. The molecule has 6 heteroatoms. The molecule has 0 aliphatic rings. The van der Waals surface area contributed by atoms with Crippen LogP contribution in [0.3, 0.4) is 0 Å². The minimum absolute atomic E-state index is 0.0184. The van der Waals surface area contributed by atoms with E-state index < -0.39 is 9.84 Å². The number of nitrogens with one attached hydrogen (secondary N) is 1. The van der Waals surface area contributed by atoms with Crippen LogP contribution in [0.5, 0.6) is 0 Å². The third-order valence-electron chi connectivity index (χ3n) is 2.74. The summed E-state index contributed by atoms with van der Waals surface area (Å²) in [5, 5.41) is 2.71. The zero-order valence-corrected chi connectivity index (χ0v) is 12.3. The summed E-state index contributed by atoms with van der Waals surface area (Å²) in [7, 11) is -3.32. The molecule has 1 unspecified atom stereocenters. The highest BCUT2D eigenvalue weighted by Crippen LogP contribution is 2.16. The predicted octanol–water partition coefficient (Wildman–Crippen LogP) is 0.866. The van der Waals surface area contributed by atoms with E-state index in [0.717, 1.165) is 6.26 Å². The van der Waals surface area contributed by atoms with Gasteiger partial charge in [-0.05, 0) is 38.0 Å². The zero-order chi connectivity index (χ0) is 14.6. The van der Waals surface area contributed by atoms with Gasteiger partial charge in [0, 0.05) is 24.4 Å². The minimum atomic E-state index is -3.32. The highest BCUT2D eigenvalue weighted by molar-refractivity contribution is 7.90. The largest absolute Gasteiger partial charge is 0.352 e. The summed E-state index contributed by atoms with van der Waals surface area (Å²) < 4.78 is 23.2. The number of hydrogen-bond acceptors (Lipinski definition) is 4. The number of carbonyl (C=O) groups is 1. The number of aryl methyl sites for hydroxylation is 1. The van der Waals surface area contributed by atoms with Crippen molar-refractivity contribution >= 4 is 15.7 Å². The molecule has 0 bridgehead atoms. The summed E-state index contributed by atoms with van der Waals surface area (Å²) in [6.45, 7) is 4.03. The Hall–Kier alpha value is -1.40. The van der Waals surface area contributed by atoms with Crippen LogP contribution in [0.25, 0.3) is 0 Å². The van der Waals surface area contributed by atoms with Crippen molar-refractivity contribution in [2.24, 2.45) is 5.73 Å². The Bertz CT molecular complexity index is 565. The van der Waals surface area contributed by atoms with Crippen molar-refractivity contribution in [3.63, 3.8) is 0 Å². The van der Waals surface area contributed by atoms with E-state index in [9.17, 15) is 13.2 Å². The van der Waals surface area contributed by atoms with Crippen molar-refractivity contribution in [1.29, 1.82) is 0 Å². The molecule has 0 aromatic heterocycles. The molecule has 0 aliphatic heterocycles. The van der Waals surface area contributed by atoms with Gasteiger partial charge in [0.25, 0.3) is 5.91 Å². The Labute approximate surface area is 114 Å². The summed E-state index contributed by atoms with van der Waals surface area (Å²) in [6.07, 6.45) is 1.81. The van der Waals surface area contributed by atoms with Crippen LogP contribution in [0.1, 0.15) is 29.3 Å². The Balaban J connectivity index is 2.88. The van der Waals surface area contributed by atoms with Crippen LogP contribution in [0, 0.1) is 6.92 Å². The number of benzene rings is 1. The van der Waals surface area contributed by atoms with Crippen LogP contribution in [-0.4, -0.2) is 33.2 Å². The second kappa shape index (κ2) is 6.16.